The highest BCUT2D eigenvalue weighted by Crippen LogP contribution is 2.49. The van der Waals surface area contributed by atoms with Crippen LogP contribution in [0.1, 0.15) is 31.2 Å². The molecule has 2 heterocycles. The second-order valence-corrected chi connectivity index (χ2v) is 9.89. The molecule has 8 heteroatoms. The van der Waals surface area contributed by atoms with Gasteiger partial charge in [0.05, 0.1) is 20.4 Å². The highest BCUT2D eigenvalue weighted by molar-refractivity contribution is 7.80. The molecule has 3 aromatic rings. The lowest BCUT2D eigenvalue weighted by Gasteiger charge is -2.45. The first-order chi connectivity index (χ1) is 17.0. The van der Waals surface area contributed by atoms with E-state index in [0.717, 1.165) is 60.7 Å². The van der Waals surface area contributed by atoms with Gasteiger partial charge in [-0.1, -0.05) is 6.07 Å². The van der Waals surface area contributed by atoms with Crippen LogP contribution < -0.4 is 20.1 Å². The number of hydrogen-bond donors (Lipinski definition) is 2. The van der Waals surface area contributed by atoms with Crippen LogP contribution in [0.15, 0.2) is 59.5 Å². The van der Waals surface area contributed by atoms with Gasteiger partial charge in [-0.2, -0.15) is 0 Å². The molecule has 1 saturated carbocycles. The monoisotopic (exact) mass is 492 g/mol. The Labute approximate surface area is 211 Å². The third-order valence-corrected chi connectivity index (χ3v) is 7.90. The number of anilines is 1. The summed E-state index contributed by atoms with van der Waals surface area (Å²) in [7, 11) is 5.62. The van der Waals surface area contributed by atoms with Crippen molar-refractivity contribution in [3.8, 4) is 22.8 Å². The van der Waals surface area contributed by atoms with E-state index in [1.165, 1.54) is 12.0 Å². The predicted molar refractivity (Wildman–Crippen MR) is 141 cm³/mol. The summed E-state index contributed by atoms with van der Waals surface area (Å²) >= 11 is 5.67. The molecule has 184 valence electrons. The van der Waals surface area contributed by atoms with E-state index < -0.39 is 0 Å². The first-order valence-corrected chi connectivity index (χ1v) is 12.4. The Morgan fingerprint density at radius 1 is 1.11 bits per heavy atom. The molecule has 35 heavy (non-hydrogen) atoms. The van der Waals surface area contributed by atoms with Crippen LogP contribution in [0.25, 0.3) is 11.3 Å². The number of nitrogens with zero attached hydrogens (tertiary/aromatic N) is 2. The third kappa shape index (κ3) is 4.60. The Kier molecular flexibility index (Phi) is 6.67. The SMILES string of the molecule is COc1ccc([C@@]23CC[C@@H](NC(=S)Nc4ccc(-c5cnco5)cc4)C[C@@H]2N(C)CC3)cc1OC. The van der Waals surface area contributed by atoms with Crippen molar-refractivity contribution in [2.45, 2.75) is 43.2 Å². The zero-order valence-electron chi connectivity index (χ0n) is 20.4. The van der Waals surface area contributed by atoms with Crippen molar-refractivity contribution in [1.29, 1.82) is 0 Å². The number of likely N-dealkylation sites (N-methyl/N-ethyl adjacent to an activating group) is 1. The van der Waals surface area contributed by atoms with Crippen molar-refractivity contribution < 1.29 is 13.9 Å². The number of fused-ring (bicyclic) bond motifs is 1. The lowest BCUT2D eigenvalue weighted by molar-refractivity contribution is 0.161. The second-order valence-electron chi connectivity index (χ2n) is 9.49. The molecule has 7 nitrogen and oxygen atoms in total. The summed E-state index contributed by atoms with van der Waals surface area (Å²) in [6.07, 6.45) is 7.49. The average Bonchev–Trinajstić information content (AvgIpc) is 3.53. The van der Waals surface area contributed by atoms with Crippen LogP contribution in [-0.4, -0.2) is 54.9 Å². The van der Waals surface area contributed by atoms with Crippen LogP contribution in [0.3, 0.4) is 0 Å². The molecule has 5 rings (SSSR count). The number of methoxy groups -OCH3 is 2. The Balaban J connectivity index is 1.25. The summed E-state index contributed by atoms with van der Waals surface area (Å²) < 4.78 is 16.4. The van der Waals surface area contributed by atoms with Gasteiger partial charge in [0, 0.05) is 28.7 Å². The zero-order valence-corrected chi connectivity index (χ0v) is 21.2. The Bertz CT molecular complexity index is 1170. The van der Waals surface area contributed by atoms with Crippen LogP contribution in [0.4, 0.5) is 5.69 Å². The molecule has 2 aromatic carbocycles. The summed E-state index contributed by atoms with van der Waals surface area (Å²) in [6, 6.07) is 15.2. The van der Waals surface area contributed by atoms with Crippen LogP contribution in [0.5, 0.6) is 11.5 Å². The van der Waals surface area contributed by atoms with Crippen molar-refractivity contribution >= 4 is 23.0 Å². The quantitative estimate of drug-likeness (QED) is 0.474. The molecule has 0 bridgehead atoms. The first kappa shape index (κ1) is 23.6. The summed E-state index contributed by atoms with van der Waals surface area (Å²) in [5.74, 6) is 2.32. The summed E-state index contributed by atoms with van der Waals surface area (Å²) in [5, 5.41) is 7.56. The number of nitrogens with one attached hydrogen (secondary N) is 2. The van der Waals surface area contributed by atoms with Crippen LogP contribution >= 0.6 is 12.2 Å². The molecule has 2 N–H and O–H groups in total. The molecule has 1 aliphatic carbocycles. The van der Waals surface area contributed by atoms with E-state index in [1.807, 2.05) is 30.3 Å². The molecular weight excluding hydrogens is 460 g/mol. The standard InChI is InChI=1S/C27H32N4O3S/c1-31-13-12-27(19-6-9-22(32-2)23(14-19)33-3)11-10-21(15-25(27)31)30-26(35)29-20-7-4-18(5-8-20)24-16-28-17-34-24/h4-9,14,16-17,21,25H,10-13,15H2,1-3H3,(H2,29,30,35)/t21-,25+,27+/m1/s1. The number of oxazole rings is 1. The largest absolute Gasteiger partial charge is 0.493 e. The normalized spacial score (nSPS) is 24.0. The molecular formula is C27H32N4O3S. The molecule has 0 spiro atoms. The minimum absolute atomic E-state index is 0.123. The Hall–Kier alpha value is -3.10. The van der Waals surface area contributed by atoms with Gasteiger partial charge >= 0.3 is 0 Å². The number of thiocarbonyl (C=S) groups is 1. The van der Waals surface area contributed by atoms with Crippen molar-refractivity contribution in [1.82, 2.24) is 15.2 Å². The lowest BCUT2D eigenvalue weighted by atomic mass is 9.65. The van der Waals surface area contributed by atoms with Crippen molar-refractivity contribution in [3.63, 3.8) is 0 Å². The molecule has 2 fully saturated rings. The zero-order chi connectivity index (χ0) is 24.4. The van der Waals surface area contributed by atoms with Crippen molar-refractivity contribution in [2.75, 3.05) is 33.1 Å². The fourth-order valence-corrected chi connectivity index (χ4v) is 6.11. The summed E-state index contributed by atoms with van der Waals surface area (Å²) in [6.45, 7) is 1.09. The van der Waals surface area contributed by atoms with Crippen LogP contribution in [0, 0.1) is 0 Å². The minimum Gasteiger partial charge on any atom is -0.493 e. The fourth-order valence-electron chi connectivity index (χ4n) is 5.82. The maximum absolute atomic E-state index is 5.67. The van der Waals surface area contributed by atoms with Gasteiger partial charge in [0.2, 0.25) is 0 Å². The van der Waals surface area contributed by atoms with Crippen molar-refractivity contribution in [2.24, 2.45) is 0 Å². The van der Waals surface area contributed by atoms with Crippen LogP contribution in [-0.2, 0) is 5.41 Å². The van der Waals surface area contributed by atoms with E-state index in [1.54, 1.807) is 20.4 Å². The van der Waals surface area contributed by atoms with Gasteiger partial charge in [-0.3, -0.25) is 0 Å². The Morgan fingerprint density at radius 3 is 2.63 bits per heavy atom. The molecule has 1 aliphatic heterocycles. The fraction of sp³-hybridized carbons (Fsp3) is 0.407. The number of likely N-dealkylation sites (tertiary alicyclic amines) is 1. The smallest absolute Gasteiger partial charge is 0.181 e. The van der Waals surface area contributed by atoms with E-state index in [4.69, 9.17) is 26.1 Å². The van der Waals surface area contributed by atoms with Gasteiger partial charge in [-0.25, -0.2) is 4.98 Å². The maximum Gasteiger partial charge on any atom is 0.181 e. The number of rotatable bonds is 6. The van der Waals surface area contributed by atoms with Gasteiger partial charge in [-0.05, 0) is 93.5 Å². The minimum atomic E-state index is 0.123. The van der Waals surface area contributed by atoms with E-state index >= 15 is 0 Å². The van der Waals surface area contributed by atoms with Gasteiger partial charge in [0.1, 0.15) is 0 Å². The molecule has 2 aliphatic rings. The molecule has 0 radical (unpaired) electrons. The van der Waals surface area contributed by atoms with E-state index in [2.05, 4.69) is 39.7 Å². The average molecular weight is 493 g/mol. The highest BCUT2D eigenvalue weighted by Gasteiger charge is 2.50. The summed E-state index contributed by atoms with van der Waals surface area (Å²) in [5.41, 5.74) is 3.39. The molecule has 0 amide bonds. The van der Waals surface area contributed by atoms with Gasteiger partial charge in [-0.15, -0.1) is 0 Å². The van der Waals surface area contributed by atoms with Gasteiger partial charge in [0.25, 0.3) is 0 Å². The first-order valence-electron chi connectivity index (χ1n) is 12.0. The summed E-state index contributed by atoms with van der Waals surface area (Å²) in [4.78, 5) is 6.48. The number of aromatic nitrogens is 1. The number of ether oxygens (including phenoxy) is 2. The topological polar surface area (TPSA) is 71.8 Å². The molecule has 3 atom stereocenters. The predicted octanol–water partition coefficient (Wildman–Crippen LogP) is 4.84. The second kappa shape index (κ2) is 9.87. The van der Waals surface area contributed by atoms with Gasteiger partial charge in [0.15, 0.2) is 28.8 Å². The molecule has 1 saturated heterocycles. The number of hydrogen-bond acceptors (Lipinski definition) is 6. The maximum atomic E-state index is 5.67. The number of benzene rings is 2. The lowest BCUT2D eigenvalue weighted by Crippen LogP contribution is -2.52. The van der Waals surface area contributed by atoms with Gasteiger partial charge < -0.3 is 29.4 Å². The molecule has 0 unspecified atom stereocenters. The van der Waals surface area contributed by atoms with E-state index in [9.17, 15) is 0 Å². The molecule has 1 aromatic heterocycles. The van der Waals surface area contributed by atoms with E-state index in [-0.39, 0.29) is 5.41 Å². The van der Waals surface area contributed by atoms with Crippen molar-refractivity contribution in [3.05, 3.63) is 60.6 Å². The Morgan fingerprint density at radius 2 is 1.91 bits per heavy atom. The van der Waals surface area contributed by atoms with Crippen LogP contribution in [0.2, 0.25) is 0 Å². The van der Waals surface area contributed by atoms with E-state index in [0.29, 0.717) is 17.2 Å². The highest BCUT2D eigenvalue weighted by atomic mass is 32.1. The third-order valence-electron chi connectivity index (χ3n) is 7.68.